The number of unbranched alkanes of at least 4 members (excludes halogenated alkanes) is 1. The lowest BCUT2D eigenvalue weighted by Crippen LogP contribution is -2.44. The molecule has 96 valence electrons. The molecule has 2 amide bonds. The van der Waals surface area contributed by atoms with Gasteiger partial charge in [0.1, 0.15) is 0 Å². The summed E-state index contributed by atoms with van der Waals surface area (Å²) in [5.41, 5.74) is 0. The van der Waals surface area contributed by atoms with E-state index in [4.69, 9.17) is 0 Å². The molecule has 0 fully saturated rings. The molecule has 17 heavy (non-hydrogen) atoms. The van der Waals surface area contributed by atoms with Gasteiger partial charge in [-0.2, -0.15) is 0 Å². The van der Waals surface area contributed by atoms with Gasteiger partial charge in [0.2, 0.25) is 0 Å². The summed E-state index contributed by atoms with van der Waals surface area (Å²) in [6.07, 6.45) is 5.09. The first-order valence-electron chi connectivity index (χ1n) is 5.84. The van der Waals surface area contributed by atoms with Crippen molar-refractivity contribution in [2.45, 2.75) is 19.8 Å². The van der Waals surface area contributed by atoms with Crippen LogP contribution in [0.5, 0.6) is 0 Å². The largest absolute Gasteiger partial charge is 0.338 e. The van der Waals surface area contributed by atoms with Crippen molar-refractivity contribution in [1.82, 2.24) is 9.80 Å². The highest BCUT2D eigenvalue weighted by atomic mass is 16.2. The average Bonchev–Trinajstić information content (AvgIpc) is 2.33. The molecule has 0 spiro atoms. The van der Waals surface area contributed by atoms with Crippen LogP contribution in [0.1, 0.15) is 19.8 Å². The smallest absolute Gasteiger partial charge is 0.312 e. The maximum atomic E-state index is 11.9. The zero-order valence-electron chi connectivity index (χ0n) is 10.8. The third kappa shape index (κ3) is 5.33. The van der Waals surface area contributed by atoms with E-state index in [9.17, 15) is 9.59 Å². The number of rotatable bonds is 7. The maximum absolute atomic E-state index is 11.9. The van der Waals surface area contributed by atoms with Crippen LogP contribution in [0, 0.1) is 0 Å². The van der Waals surface area contributed by atoms with Crippen molar-refractivity contribution >= 4 is 11.8 Å². The Morgan fingerprint density at radius 2 is 1.65 bits per heavy atom. The first-order chi connectivity index (χ1) is 8.08. The molecule has 0 unspecified atom stereocenters. The Balaban J connectivity index is 4.47. The SMILES string of the molecule is C=CCN(CC=C)C(=O)C(=O)N(C)CCCC. The molecule has 0 aromatic heterocycles. The number of hydrogen-bond acceptors (Lipinski definition) is 2. The zero-order valence-corrected chi connectivity index (χ0v) is 10.8. The van der Waals surface area contributed by atoms with Gasteiger partial charge in [0.25, 0.3) is 0 Å². The highest BCUT2D eigenvalue weighted by molar-refractivity contribution is 6.34. The third-order valence-corrected chi connectivity index (χ3v) is 2.36. The molecule has 0 rings (SSSR count). The van der Waals surface area contributed by atoms with Crippen molar-refractivity contribution in [1.29, 1.82) is 0 Å². The highest BCUT2D eigenvalue weighted by Gasteiger charge is 2.23. The summed E-state index contributed by atoms with van der Waals surface area (Å²) in [6, 6.07) is 0. The lowest BCUT2D eigenvalue weighted by molar-refractivity contribution is -0.150. The predicted octanol–water partition coefficient (Wildman–Crippen LogP) is 1.45. The summed E-state index contributed by atoms with van der Waals surface area (Å²) in [5.74, 6) is -0.967. The van der Waals surface area contributed by atoms with Gasteiger partial charge in [-0.3, -0.25) is 9.59 Å². The van der Waals surface area contributed by atoms with E-state index in [0.717, 1.165) is 12.8 Å². The molecule has 0 atom stereocenters. The Hall–Kier alpha value is -1.58. The van der Waals surface area contributed by atoms with Gasteiger partial charge in [-0.1, -0.05) is 25.5 Å². The molecule has 0 aliphatic carbocycles. The minimum Gasteiger partial charge on any atom is -0.338 e. The maximum Gasteiger partial charge on any atom is 0.312 e. The fourth-order valence-electron chi connectivity index (χ4n) is 1.35. The van der Waals surface area contributed by atoms with Crippen molar-refractivity contribution in [3.63, 3.8) is 0 Å². The first kappa shape index (κ1) is 15.4. The van der Waals surface area contributed by atoms with Crippen molar-refractivity contribution in [3.8, 4) is 0 Å². The molecule has 0 aromatic rings. The van der Waals surface area contributed by atoms with Gasteiger partial charge in [0.15, 0.2) is 0 Å². The van der Waals surface area contributed by atoms with E-state index in [2.05, 4.69) is 13.2 Å². The predicted molar refractivity (Wildman–Crippen MR) is 69.5 cm³/mol. The van der Waals surface area contributed by atoms with Crippen molar-refractivity contribution in [2.24, 2.45) is 0 Å². The average molecular weight is 238 g/mol. The van der Waals surface area contributed by atoms with E-state index < -0.39 is 11.8 Å². The summed E-state index contributed by atoms with van der Waals surface area (Å²) in [4.78, 5) is 26.6. The molecule has 0 heterocycles. The summed E-state index contributed by atoms with van der Waals surface area (Å²) < 4.78 is 0. The van der Waals surface area contributed by atoms with E-state index in [1.54, 1.807) is 19.2 Å². The van der Waals surface area contributed by atoms with Crippen LogP contribution >= 0.6 is 0 Å². The van der Waals surface area contributed by atoms with E-state index >= 15 is 0 Å². The van der Waals surface area contributed by atoms with Crippen LogP contribution in [0.2, 0.25) is 0 Å². The van der Waals surface area contributed by atoms with Crippen LogP contribution in [0.3, 0.4) is 0 Å². The number of amides is 2. The van der Waals surface area contributed by atoms with Gasteiger partial charge in [-0.25, -0.2) is 0 Å². The molecule has 0 radical (unpaired) electrons. The minimum atomic E-state index is -0.497. The fraction of sp³-hybridized carbons (Fsp3) is 0.538. The lowest BCUT2D eigenvalue weighted by atomic mass is 10.3. The van der Waals surface area contributed by atoms with E-state index in [0.29, 0.717) is 19.6 Å². The number of likely N-dealkylation sites (N-methyl/N-ethyl adjacent to an activating group) is 1. The minimum absolute atomic E-state index is 0.359. The van der Waals surface area contributed by atoms with E-state index in [1.165, 1.54) is 9.80 Å². The molecular weight excluding hydrogens is 216 g/mol. The zero-order chi connectivity index (χ0) is 13.3. The summed E-state index contributed by atoms with van der Waals surface area (Å²) in [5, 5.41) is 0. The van der Waals surface area contributed by atoms with Crippen molar-refractivity contribution in [2.75, 3.05) is 26.7 Å². The second kappa shape index (κ2) is 8.56. The number of hydrogen-bond donors (Lipinski definition) is 0. The van der Waals surface area contributed by atoms with Crippen LogP contribution in [0.4, 0.5) is 0 Å². The van der Waals surface area contributed by atoms with Gasteiger partial charge in [0, 0.05) is 26.7 Å². The van der Waals surface area contributed by atoms with Gasteiger partial charge < -0.3 is 9.80 Å². The van der Waals surface area contributed by atoms with Crippen LogP contribution in [0.15, 0.2) is 25.3 Å². The number of carbonyl (C=O) groups is 2. The van der Waals surface area contributed by atoms with Crippen molar-refractivity contribution in [3.05, 3.63) is 25.3 Å². The highest BCUT2D eigenvalue weighted by Crippen LogP contribution is 1.98. The van der Waals surface area contributed by atoms with Crippen molar-refractivity contribution < 1.29 is 9.59 Å². The van der Waals surface area contributed by atoms with Crippen LogP contribution in [-0.4, -0.2) is 48.3 Å². The van der Waals surface area contributed by atoms with Crippen LogP contribution < -0.4 is 0 Å². The fourth-order valence-corrected chi connectivity index (χ4v) is 1.35. The topological polar surface area (TPSA) is 40.6 Å². The molecule has 0 aliphatic heterocycles. The second-order valence-electron chi connectivity index (χ2n) is 3.87. The monoisotopic (exact) mass is 238 g/mol. The van der Waals surface area contributed by atoms with Gasteiger partial charge in [-0.05, 0) is 6.42 Å². The number of nitrogens with zero attached hydrogens (tertiary/aromatic N) is 2. The van der Waals surface area contributed by atoms with Gasteiger partial charge in [0.05, 0.1) is 0 Å². The Labute approximate surface area is 104 Å². The normalized spacial score (nSPS) is 9.53. The molecular formula is C13H22N2O2. The standard InChI is InChI=1S/C13H22N2O2/c1-5-8-11-14(4)12(16)13(17)15(9-6-2)10-7-3/h6-7H,2-3,5,8-11H2,1,4H3. The Bertz CT molecular complexity index is 277. The molecule has 0 saturated carbocycles. The van der Waals surface area contributed by atoms with E-state index in [1.807, 2.05) is 6.92 Å². The molecule has 4 heteroatoms. The van der Waals surface area contributed by atoms with Crippen LogP contribution in [-0.2, 0) is 9.59 Å². The summed E-state index contributed by atoms with van der Waals surface area (Å²) in [7, 11) is 1.65. The molecule has 0 N–H and O–H groups in total. The lowest BCUT2D eigenvalue weighted by Gasteiger charge is -2.22. The summed E-state index contributed by atoms with van der Waals surface area (Å²) in [6.45, 7) is 10.5. The Kier molecular flexibility index (Phi) is 7.76. The van der Waals surface area contributed by atoms with Crippen LogP contribution in [0.25, 0.3) is 0 Å². The Morgan fingerprint density at radius 1 is 1.12 bits per heavy atom. The summed E-state index contributed by atoms with van der Waals surface area (Å²) >= 11 is 0. The Morgan fingerprint density at radius 3 is 2.06 bits per heavy atom. The number of carbonyl (C=O) groups excluding carboxylic acids is 2. The van der Waals surface area contributed by atoms with E-state index in [-0.39, 0.29) is 0 Å². The molecule has 4 nitrogen and oxygen atoms in total. The molecule has 0 aliphatic rings. The van der Waals surface area contributed by atoms with Gasteiger partial charge in [-0.15, -0.1) is 13.2 Å². The second-order valence-corrected chi connectivity index (χ2v) is 3.87. The molecule has 0 bridgehead atoms. The quantitative estimate of drug-likeness (QED) is 0.497. The third-order valence-electron chi connectivity index (χ3n) is 2.36. The molecule has 0 saturated heterocycles. The first-order valence-corrected chi connectivity index (χ1v) is 5.84. The molecule has 0 aromatic carbocycles. The van der Waals surface area contributed by atoms with Gasteiger partial charge >= 0.3 is 11.8 Å².